The average Bonchev–Trinajstić information content (AvgIpc) is 3.58. The molecule has 1 aliphatic carbocycles. The highest BCUT2D eigenvalue weighted by Crippen LogP contribution is 2.60. The number of rotatable bonds is 6. The standard InChI is InChI=1S/C51H32N4/c1-52-45-30-16-29-44-47(45)46-41(27-15-28-43(46)51(44,38-21-7-3-8-22-38)39-23-9-4-10-24-39)40-25-13-14-26-42(40)50-54-48(35-18-5-2-6-19-35)53-49(55-50)37-32-31-34-17-11-12-20-36(34)33-37/h2-33H. The minimum absolute atomic E-state index is 0.583. The van der Waals surface area contributed by atoms with Gasteiger partial charge in [-0.15, -0.1) is 0 Å². The van der Waals surface area contributed by atoms with Gasteiger partial charge in [0.15, 0.2) is 23.2 Å². The summed E-state index contributed by atoms with van der Waals surface area (Å²) in [6, 6.07) is 67.3. The average molecular weight is 701 g/mol. The fourth-order valence-corrected chi connectivity index (χ4v) is 8.46. The third-order valence-corrected chi connectivity index (χ3v) is 10.8. The van der Waals surface area contributed by atoms with Crippen molar-refractivity contribution in [3.8, 4) is 56.4 Å². The molecular weight excluding hydrogens is 669 g/mol. The molecule has 0 bridgehead atoms. The summed E-state index contributed by atoms with van der Waals surface area (Å²) in [4.78, 5) is 19.6. The molecule has 1 aromatic heterocycles. The third kappa shape index (κ3) is 5.17. The zero-order chi connectivity index (χ0) is 36.8. The molecule has 1 heterocycles. The first-order valence-corrected chi connectivity index (χ1v) is 18.4. The fraction of sp³-hybridized carbons (Fsp3) is 0.0196. The SMILES string of the molecule is [C-]#[N+]c1cccc2c1-c1c(-c3ccccc3-c3nc(-c4ccccc4)nc(-c4ccc5ccccc5c4)n3)cccc1C2(c1ccccc1)c1ccccc1. The maximum Gasteiger partial charge on any atom is 0.195 e. The molecule has 8 aromatic carbocycles. The molecule has 256 valence electrons. The van der Waals surface area contributed by atoms with Gasteiger partial charge >= 0.3 is 0 Å². The number of benzene rings is 8. The first-order chi connectivity index (χ1) is 27.2. The zero-order valence-corrected chi connectivity index (χ0v) is 29.8. The number of nitrogens with zero attached hydrogens (tertiary/aromatic N) is 4. The van der Waals surface area contributed by atoms with Crippen LogP contribution in [-0.2, 0) is 5.41 Å². The molecule has 0 N–H and O–H groups in total. The Morgan fingerprint density at radius 2 is 0.909 bits per heavy atom. The summed E-state index contributed by atoms with van der Waals surface area (Å²) in [5, 5.41) is 2.28. The third-order valence-electron chi connectivity index (χ3n) is 10.8. The van der Waals surface area contributed by atoms with Crippen LogP contribution >= 0.6 is 0 Å². The normalized spacial score (nSPS) is 12.5. The molecule has 10 rings (SSSR count). The van der Waals surface area contributed by atoms with Crippen molar-refractivity contribution in [2.45, 2.75) is 5.41 Å². The van der Waals surface area contributed by atoms with E-state index >= 15 is 0 Å². The van der Waals surface area contributed by atoms with Crippen LogP contribution < -0.4 is 0 Å². The van der Waals surface area contributed by atoms with Crippen LogP contribution in [0.1, 0.15) is 22.3 Å². The fourth-order valence-electron chi connectivity index (χ4n) is 8.46. The van der Waals surface area contributed by atoms with Gasteiger partial charge in [0.05, 0.1) is 12.0 Å². The van der Waals surface area contributed by atoms with Crippen molar-refractivity contribution in [3.05, 3.63) is 228 Å². The second kappa shape index (κ2) is 13.2. The monoisotopic (exact) mass is 700 g/mol. The van der Waals surface area contributed by atoms with E-state index in [1.54, 1.807) is 0 Å². The maximum absolute atomic E-state index is 8.40. The minimum Gasteiger partial charge on any atom is -0.238 e. The maximum atomic E-state index is 8.40. The Morgan fingerprint density at radius 1 is 0.382 bits per heavy atom. The number of fused-ring (bicyclic) bond motifs is 4. The van der Waals surface area contributed by atoms with E-state index in [-0.39, 0.29) is 0 Å². The molecule has 0 atom stereocenters. The Balaban J connectivity index is 1.25. The largest absolute Gasteiger partial charge is 0.238 e. The molecule has 55 heavy (non-hydrogen) atoms. The molecule has 0 fully saturated rings. The summed E-state index contributed by atoms with van der Waals surface area (Å²) in [6.45, 7) is 8.40. The van der Waals surface area contributed by atoms with Crippen LogP contribution in [0, 0.1) is 6.57 Å². The van der Waals surface area contributed by atoms with Gasteiger partial charge in [0.25, 0.3) is 0 Å². The van der Waals surface area contributed by atoms with E-state index in [0.717, 1.165) is 72.0 Å². The van der Waals surface area contributed by atoms with Crippen LogP contribution in [0.4, 0.5) is 5.69 Å². The van der Waals surface area contributed by atoms with Crippen molar-refractivity contribution in [1.29, 1.82) is 0 Å². The van der Waals surface area contributed by atoms with Crippen LogP contribution in [0.3, 0.4) is 0 Å². The molecule has 0 aliphatic heterocycles. The van der Waals surface area contributed by atoms with Crippen LogP contribution in [0.15, 0.2) is 194 Å². The van der Waals surface area contributed by atoms with E-state index in [4.69, 9.17) is 21.5 Å². The molecule has 9 aromatic rings. The summed E-state index contributed by atoms with van der Waals surface area (Å²) in [6.07, 6.45) is 0. The van der Waals surface area contributed by atoms with E-state index in [9.17, 15) is 0 Å². The highest BCUT2D eigenvalue weighted by molar-refractivity contribution is 6.02. The lowest BCUT2D eigenvalue weighted by atomic mass is 9.67. The molecule has 4 heteroatoms. The van der Waals surface area contributed by atoms with E-state index in [0.29, 0.717) is 23.2 Å². The Kier molecular flexibility index (Phi) is 7.71. The summed E-state index contributed by atoms with van der Waals surface area (Å²) in [5.41, 5.74) is 11.3. The second-order valence-electron chi connectivity index (χ2n) is 13.8. The molecule has 0 radical (unpaired) electrons. The highest BCUT2D eigenvalue weighted by atomic mass is 15.0. The molecule has 0 spiro atoms. The van der Waals surface area contributed by atoms with Crippen LogP contribution in [0.2, 0.25) is 0 Å². The topological polar surface area (TPSA) is 43.0 Å². The summed E-state index contributed by atoms with van der Waals surface area (Å²) in [7, 11) is 0. The van der Waals surface area contributed by atoms with Crippen LogP contribution in [0.25, 0.3) is 72.0 Å². The predicted octanol–water partition coefficient (Wildman–Crippen LogP) is 12.6. The molecule has 4 nitrogen and oxygen atoms in total. The number of aromatic nitrogens is 3. The summed E-state index contributed by atoms with van der Waals surface area (Å²) >= 11 is 0. The number of hydrogen-bond donors (Lipinski definition) is 0. The minimum atomic E-state index is -0.643. The van der Waals surface area contributed by atoms with Crippen LogP contribution in [-0.4, -0.2) is 15.0 Å². The Hall–Kier alpha value is -7.48. The predicted molar refractivity (Wildman–Crippen MR) is 223 cm³/mol. The van der Waals surface area contributed by atoms with Crippen molar-refractivity contribution >= 4 is 16.5 Å². The van der Waals surface area contributed by atoms with Crippen molar-refractivity contribution in [2.75, 3.05) is 0 Å². The highest BCUT2D eigenvalue weighted by Gasteiger charge is 2.47. The van der Waals surface area contributed by atoms with Crippen molar-refractivity contribution in [2.24, 2.45) is 0 Å². The lowest BCUT2D eigenvalue weighted by Gasteiger charge is -2.34. The Labute approximate surface area is 319 Å². The molecular formula is C51H32N4. The van der Waals surface area contributed by atoms with Crippen LogP contribution in [0.5, 0.6) is 0 Å². The molecule has 0 unspecified atom stereocenters. The lowest BCUT2D eigenvalue weighted by Crippen LogP contribution is -2.28. The smallest absolute Gasteiger partial charge is 0.195 e. The zero-order valence-electron chi connectivity index (χ0n) is 29.8. The molecule has 0 saturated carbocycles. The van der Waals surface area contributed by atoms with Gasteiger partial charge in [-0.25, -0.2) is 19.8 Å². The van der Waals surface area contributed by atoms with Crippen molar-refractivity contribution in [3.63, 3.8) is 0 Å². The molecule has 1 aliphatic rings. The van der Waals surface area contributed by atoms with Gasteiger partial charge in [-0.1, -0.05) is 188 Å². The van der Waals surface area contributed by atoms with E-state index in [1.807, 2.05) is 48.5 Å². The van der Waals surface area contributed by atoms with Crippen molar-refractivity contribution in [1.82, 2.24) is 15.0 Å². The van der Waals surface area contributed by atoms with E-state index in [2.05, 4.69) is 150 Å². The first kappa shape index (κ1) is 32.2. The van der Waals surface area contributed by atoms with Gasteiger partial charge in [-0.3, -0.25) is 0 Å². The summed E-state index contributed by atoms with van der Waals surface area (Å²) in [5.74, 6) is 1.80. The van der Waals surface area contributed by atoms with E-state index in [1.165, 1.54) is 0 Å². The second-order valence-corrected chi connectivity index (χ2v) is 13.8. The molecule has 0 saturated heterocycles. The lowest BCUT2D eigenvalue weighted by molar-refractivity contribution is 0.769. The van der Waals surface area contributed by atoms with Crippen molar-refractivity contribution < 1.29 is 0 Å². The molecule has 0 amide bonds. The van der Waals surface area contributed by atoms with Gasteiger partial charge < -0.3 is 0 Å². The van der Waals surface area contributed by atoms with E-state index < -0.39 is 5.41 Å². The van der Waals surface area contributed by atoms with Gasteiger partial charge in [-0.05, 0) is 61.3 Å². The van der Waals surface area contributed by atoms with Gasteiger partial charge in [-0.2, -0.15) is 0 Å². The van der Waals surface area contributed by atoms with Gasteiger partial charge in [0.1, 0.15) is 0 Å². The Morgan fingerprint density at radius 3 is 1.60 bits per heavy atom. The Bertz CT molecular complexity index is 2890. The first-order valence-electron chi connectivity index (χ1n) is 18.4. The van der Waals surface area contributed by atoms with Gasteiger partial charge in [0, 0.05) is 16.7 Å². The number of hydrogen-bond acceptors (Lipinski definition) is 3. The summed E-state index contributed by atoms with van der Waals surface area (Å²) < 4.78 is 0. The quantitative estimate of drug-likeness (QED) is 0.162. The van der Waals surface area contributed by atoms with Gasteiger partial charge in [0.2, 0.25) is 0 Å².